The van der Waals surface area contributed by atoms with Crippen molar-refractivity contribution >= 4 is 23.2 Å². The third-order valence-electron chi connectivity index (χ3n) is 7.67. The highest BCUT2D eigenvalue weighted by atomic mass is 32.1. The lowest BCUT2D eigenvalue weighted by Crippen LogP contribution is -2.53. The first-order chi connectivity index (χ1) is 15.1. The molecule has 1 aromatic rings. The monoisotopic (exact) mass is 447 g/mol. The molecule has 0 radical (unpaired) electrons. The second kappa shape index (κ2) is 10.9. The number of hydrogen-bond acceptors (Lipinski definition) is 5. The number of rotatable bonds is 7. The van der Waals surface area contributed by atoms with Gasteiger partial charge < -0.3 is 10.4 Å². The Morgan fingerprint density at radius 2 is 1.77 bits per heavy atom. The van der Waals surface area contributed by atoms with Crippen LogP contribution in [0.5, 0.6) is 0 Å². The second-order valence-corrected chi connectivity index (χ2v) is 10.4. The van der Waals surface area contributed by atoms with Crippen molar-refractivity contribution in [2.24, 2.45) is 11.8 Å². The molecular weight excluding hydrogens is 410 g/mol. The summed E-state index contributed by atoms with van der Waals surface area (Å²) in [5, 5.41) is 16.8. The molecule has 172 valence electrons. The zero-order chi connectivity index (χ0) is 21.6. The van der Waals surface area contributed by atoms with Crippen LogP contribution in [0.15, 0.2) is 16.8 Å². The van der Waals surface area contributed by atoms with Crippen LogP contribution in [0.4, 0.5) is 0 Å². The minimum absolute atomic E-state index is 0.0343. The fourth-order valence-electron chi connectivity index (χ4n) is 5.78. The number of carbonyl (C=O) groups excluding carboxylic acids is 1. The van der Waals surface area contributed by atoms with Crippen LogP contribution in [0.2, 0.25) is 0 Å². The predicted octanol–water partition coefficient (Wildman–Crippen LogP) is 3.75. The average molecular weight is 448 g/mol. The standard InChI is InChI=1S/C24H37N3O3S/c28-23(18-5-4-6-19(15-18)24(29)30)25-16-22(20-9-14-31-17-20)27-12-10-26(11-13-27)21-7-2-1-3-8-21/h9,14,17-19,21-22H,1-8,10-13,15-16H2,(H,25,28)(H,29,30)/t18-,19+,22?/m1/s1. The molecule has 0 aromatic carbocycles. The zero-order valence-electron chi connectivity index (χ0n) is 18.5. The van der Waals surface area contributed by atoms with Gasteiger partial charge in [-0.3, -0.25) is 19.4 Å². The Kier molecular flexibility index (Phi) is 8.02. The van der Waals surface area contributed by atoms with E-state index in [1.807, 2.05) is 0 Å². The van der Waals surface area contributed by atoms with E-state index >= 15 is 0 Å². The molecule has 3 fully saturated rings. The van der Waals surface area contributed by atoms with Gasteiger partial charge in [0.05, 0.1) is 12.0 Å². The molecule has 1 amide bonds. The number of amides is 1. The quantitative estimate of drug-likeness (QED) is 0.666. The van der Waals surface area contributed by atoms with E-state index in [9.17, 15) is 14.7 Å². The highest BCUT2D eigenvalue weighted by Gasteiger charge is 2.33. The van der Waals surface area contributed by atoms with Crippen LogP contribution in [0.25, 0.3) is 0 Å². The number of carbonyl (C=O) groups is 2. The molecule has 1 unspecified atom stereocenters. The van der Waals surface area contributed by atoms with E-state index in [-0.39, 0.29) is 23.8 Å². The van der Waals surface area contributed by atoms with Gasteiger partial charge in [-0.2, -0.15) is 11.3 Å². The maximum atomic E-state index is 12.9. The Labute approximate surface area is 190 Å². The molecule has 0 bridgehead atoms. The summed E-state index contributed by atoms with van der Waals surface area (Å²) in [6.45, 7) is 4.91. The summed E-state index contributed by atoms with van der Waals surface area (Å²) < 4.78 is 0. The fourth-order valence-corrected chi connectivity index (χ4v) is 6.48. The number of thiophene rings is 1. The number of carboxylic acids is 1. The minimum Gasteiger partial charge on any atom is -0.481 e. The van der Waals surface area contributed by atoms with Crippen LogP contribution in [-0.4, -0.2) is 65.5 Å². The topological polar surface area (TPSA) is 72.9 Å². The summed E-state index contributed by atoms with van der Waals surface area (Å²) in [7, 11) is 0. The molecule has 4 rings (SSSR count). The highest BCUT2D eigenvalue weighted by Crippen LogP contribution is 2.30. The lowest BCUT2D eigenvalue weighted by atomic mass is 9.81. The average Bonchev–Trinajstić information content (AvgIpc) is 3.35. The van der Waals surface area contributed by atoms with Crippen molar-refractivity contribution < 1.29 is 14.7 Å². The molecule has 2 saturated carbocycles. The third-order valence-corrected chi connectivity index (χ3v) is 8.37. The van der Waals surface area contributed by atoms with E-state index < -0.39 is 5.97 Å². The Bertz CT molecular complexity index is 712. The number of hydrogen-bond donors (Lipinski definition) is 2. The Balaban J connectivity index is 1.32. The number of nitrogens with zero attached hydrogens (tertiary/aromatic N) is 2. The van der Waals surface area contributed by atoms with Crippen LogP contribution in [0.3, 0.4) is 0 Å². The van der Waals surface area contributed by atoms with Crippen LogP contribution >= 0.6 is 11.3 Å². The number of carboxylic acid groups (broad SMARTS) is 1. The van der Waals surface area contributed by atoms with Gasteiger partial charge in [0.15, 0.2) is 0 Å². The molecule has 0 spiro atoms. The van der Waals surface area contributed by atoms with Gasteiger partial charge in [-0.1, -0.05) is 25.7 Å². The van der Waals surface area contributed by atoms with Gasteiger partial charge in [-0.15, -0.1) is 0 Å². The molecule has 1 saturated heterocycles. The van der Waals surface area contributed by atoms with Crippen LogP contribution in [-0.2, 0) is 9.59 Å². The molecule has 1 aliphatic heterocycles. The molecule has 7 heteroatoms. The van der Waals surface area contributed by atoms with Gasteiger partial charge >= 0.3 is 5.97 Å². The molecule has 2 aliphatic carbocycles. The van der Waals surface area contributed by atoms with Crippen LogP contribution < -0.4 is 5.32 Å². The highest BCUT2D eigenvalue weighted by molar-refractivity contribution is 7.07. The lowest BCUT2D eigenvalue weighted by molar-refractivity contribution is -0.144. The van der Waals surface area contributed by atoms with Crippen molar-refractivity contribution in [3.8, 4) is 0 Å². The smallest absolute Gasteiger partial charge is 0.306 e. The molecule has 3 atom stereocenters. The van der Waals surface area contributed by atoms with Crippen LogP contribution in [0.1, 0.15) is 69.4 Å². The van der Waals surface area contributed by atoms with Crippen molar-refractivity contribution in [2.45, 2.75) is 69.9 Å². The van der Waals surface area contributed by atoms with Gasteiger partial charge in [0.2, 0.25) is 5.91 Å². The Hall–Kier alpha value is -1.44. The fraction of sp³-hybridized carbons (Fsp3) is 0.750. The summed E-state index contributed by atoms with van der Waals surface area (Å²) in [5.41, 5.74) is 1.28. The van der Waals surface area contributed by atoms with Crippen LogP contribution in [0, 0.1) is 11.8 Å². The van der Waals surface area contributed by atoms with Gasteiger partial charge in [0, 0.05) is 44.7 Å². The Morgan fingerprint density at radius 1 is 1.03 bits per heavy atom. The summed E-state index contributed by atoms with van der Waals surface area (Å²) in [5.74, 6) is -1.26. The molecule has 31 heavy (non-hydrogen) atoms. The first-order valence-electron chi connectivity index (χ1n) is 12.1. The summed E-state index contributed by atoms with van der Waals surface area (Å²) in [6, 6.07) is 3.14. The van der Waals surface area contributed by atoms with Gasteiger partial charge in [0.25, 0.3) is 0 Å². The van der Waals surface area contributed by atoms with E-state index in [4.69, 9.17) is 0 Å². The largest absolute Gasteiger partial charge is 0.481 e. The predicted molar refractivity (Wildman–Crippen MR) is 123 cm³/mol. The zero-order valence-corrected chi connectivity index (χ0v) is 19.3. The molecule has 2 N–H and O–H groups in total. The van der Waals surface area contributed by atoms with Crippen molar-refractivity contribution in [3.05, 3.63) is 22.4 Å². The van der Waals surface area contributed by atoms with E-state index in [2.05, 4.69) is 31.9 Å². The van der Waals surface area contributed by atoms with E-state index in [0.717, 1.165) is 45.1 Å². The summed E-state index contributed by atoms with van der Waals surface area (Å²) >= 11 is 1.71. The van der Waals surface area contributed by atoms with Crippen molar-refractivity contribution in [3.63, 3.8) is 0 Å². The van der Waals surface area contributed by atoms with Crippen molar-refractivity contribution in [1.29, 1.82) is 0 Å². The van der Waals surface area contributed by atoms with Crippen molar-refractivity contribution in [1.82, 2.24) is 15.1 Å². The lowest BCUT2D eigenvalue weighted by Gasteiger charge is -2.43. The van der Waals surface area contributed by atoms with Gasteiger partial charge in [-0.25, -0.2) is 0 Å². The molecule has 1 aromatic heterocycles. The van der Waals surface area contributed by atoms with E-state index in [1.165, 1.54) is 37.7 Å². The molecule has 2 heterocycles. The number of piperazine rings is 1. The maximum Gasteiger partial charge on any atom is 0.306 e. The maximum absolute atomic E-state index is 12.9. The van der Waals surface area contributed by atoms with E-state index in [1.54, 1.807) is 11.3 Å². The third kappa shape index (κ3) is 5.88. The summed E-state index contributed by atoms with van der Waals surface area (Å²) in [6.07, 6.45) is 9.64. The first kappa shape index (κ1) is 22.7. The molecular formula is C24H37N3O3S. The number of aliphatic carboxylic acids is 1. The number of nitrogens with one attached hydrogen (secondary N) is 1. The van der Waals surface area contributed by atoms with Gasteiger partial charge in [-0.05, 0) is 54.5 Å². The van der Waals surface area contributed by atoms with Gasteiger partial charge in [0.1, 0.15) is 0 Å². The first-order valence-corrected chi connectivity index (χ1v) is 13.1. The summed E-state index contributed by atoms with van der Waals surface area (Å²) in [4.78, 5) is 29.4. The SMILES string of the molecule is O=C(O)[C@H]1CCC[C@@H](C(=O)NCC(c2ccsc2)N2CCN(C3CCCCC3)CC2)C1. The second-order valence-electron chi connectivity index (χ2n) is 9.58. The van der Waals surface area contributed by atoms with Crippen molar-refractivity contribution in [2.75, 3.05) is 32.7 Å². The van der Waals surface area contributed by atoms with E-state index in [0.29, 0.717) is 19.4 Å². The Morgan fingerprint density at radius 3 is 2.45 bits per heavy atom. The molecule has 6 nitrogen and oxygen atoms in total. The molecule has 3 aliphatic rings. The normalized spacial score (nSPS) is 27.6. The minimum atomic E-state index is -0.760.